The molecule has 0 saturated carbocycles. The van der Waals surface area contributed by atoms with Crippen LogP contribution in [0.3, 0.4) is 0 Å². The summed E-state index contributed by atoms with van der Waals surface area (Å²) in [6.07, 6.45) is 2.98. The first-order valence-electron chi connectivity index (χ1n) is 7.95. The number of hydrogen-bond donors (Lipinski definition) is 0. The minimum atomic E-state index is -0.476. The molecular formula is C18H12Cl2FeN4O5. The van der Waals surface area contributed by atoms with Crippen molar-refractivity contribution in [2.75, 3.05) is 0 Å². The number of non-ortho nitro benzene ring substituents is 2. The summed E-state index contributed by atoms with van der Waals surface area (Å²) in [6, 6.07) is 15.0. The molecule has 3 rings (SSSR count). The number of nitrogens with zero attached hydrogens (tertiary/aromatic N) is 4. The number of rotatable bonds is 6. The molecule has 2 aromatic carbocycles. The first kappa shape index (κ1) is 23.2. The third-order valence-corrected chi connectivity index (χ3v) is 3.45. The van der Waals surface area contributed by atoms with Crippen LogP contribution >= 0.6 is 20.2 Å². The van der Waals surface area contributed by atoms with Gasteiger partial charge in [-0.3, -0.25) is 30.2 Å². The van der Waals surface area contributed by atoms with Gasteiger partial charge in [0, 0.05) is 24.3 Å². The van der Waals surface area contributed by atoms with Crippen LogP contribution in [0.1, 0.15) is 11.5 Å². The van der Waals surface area contributed by atoms with Crippen molar-refractivity contribution in [3.63, 3.8) is 0 Å². The predicted octanol–water partition coefficient (Wildman–Crippen LogP) is 5.97. The Bertz CT molecular complexity index is 971. The molecule has 0 aliphatic rings. The van der Waals surface area contributed by atoms with E-state index < -0.39 is 9.85 Å². The number of nitro groups is 2. The number of furan rings is 1. The van der Waals surface area contributed by atoms with E-state index in [0.717, 1.165) is 0 Å². The van der Waals surface area contributed by atoms with Crippen LogP contribution in [0.25, 0.3) is 0 Å². The topological polar surface area (TPSA) is 124 Å². The van der Waals surface area contributed by atoms with Crippen molar-refractivity contribution in [3.05, 3.63) is 92.4 Å². The number of halogens is 2. The van der Waals surface area contributed by atoms with Crippen molar-refractivity contribution in [1.82, 2.24) is 0 Å². The Morgan fingerprint density at radius 1 is 0.733 bits per heavy atom. The Labute approximate surface area is 185 Å². The Kier molecular flexibility index (Phi) is 9.17. The Hall–Kier alpha value is -3.04. The SMILES string of the molecule is O=[N+]([O-])c1ccc(N=Cc2ccc(C=Nc3ccc([N+](=O)[O-])cc3)o2)cc1.[Cl][Fe][Cl]. The fraction of sp³-hybridized carbons (Fsp3) is 0. The van der Waals surface area contributed by atoms with Gasteiger partial charge in [0.05, 0.1) is 33.7 Å². The molecule has 0 aliphatic heterocycles. The van der Waals surface area contributed by atoms with Crippen molar-refractivity contribution in [1.29, 1.82) is 0 Å². The van der Waals surface area contributed by atoms with E-state index in [1.807, 2.05) is 0 Å². The van der Waals surface area contributed by atoms with E-state index in [2.05, 4.69) is 9.98 Å². The molecule has 30 heavy (non-hydrogen) atoms. The molecule has 0 saturated heterocycles. The van der Waals surface area contributed by atoms with Gasteiger partial charge < -0.3 is 4.42 Å². The molecule has 0 N–H and O–H groups in total. The zero-order chi connectivity index (χ0) is 21.9. The van der Waals surface area contributed by atoms with Gasteiger partial charge in [0.25, 0.3) is 11.4 Å². The van der Waals surface area contributed by atoms with Crippen LogP contribution in [0.5, 0.6) is 0 Å². The number of hydrogen-bond acceptors (Lipinski definition) is 7. The van der Waals surface area contributed by atoms with Gasteiger partial charge in [0.15, 0.2) is 0 Å². The average molecular weight is 491 g/mol. The third-order valence-electron chi connectivity index (χ3n) is 3.45. The molecule has 1 aromatic heterocycles. The number of aliphatic imine (C=N–C) groups is 2. The van der Waals surface area contributed by atoms with Crippen LogP contribution in [-0.2, 0) is 13.1 Å². The molecular weight excluding hydrogens is 479 g/mol. The summed E-state index contributed by atoms with van der Waals surface area (Å²) in [4.78, 5) is 28.6. The normalized spacial score (nSPS) is 10.9. The van der Waals surface area contributed by atoms with Crippen molar-refractivity contribution in [2.24, 2.45) is 9.98 Å². The zero-order valence-electron chi connectivity index (χ0n) is 14.9. The van der Waals surface area contributed by atoms with Crippen LogP contribution in [-0.4, -0.2) is 22.3 Å². The van der Waals surface area contributed by atoms with E-state index in [9.17, 15) is 20.2 Å². The van der Waals surface area contributed by atoms with Gasteiger partial charge in [-0.1, -0.05) is 0 Å². The molecule has 12 heteroatoms. The van der Waals surface area contributed by atoms with E-state index in [-0.39, 0.29) is 24.5 Å². The summed E-state index contributed by atoms with van der Waals surface area (Å²) < 4.78 is 5.54. The Morgan fingerprint density at radius 3 is 1.37 bits per heavy atom. The van der Waals surface area contributed by atoms with Gasteiger partial charge in [-0.2, -0.15) is 0 Å². The van der Waals surface area contributed by atoms with Gasteiger partial charge in [-0.25, -0.2) is 0 Å². The predicted molar refractivity (Wildman–Crippen MR) is 111 cm³/mol. The Morgan fingerprint density at radius 2 is 1.07 bits per heavy atom. The second-order valence-corrected chi connectivity index (χ2v) is 7.18. The maximum absolute atomic E-state index is 10.6. The molecule has 0 spiro atoms. The molecule has 156 valence electrons. The molecule has 9 nitrogen and oxygen atoms in total. The monoisotopic (exact) mass is 490 g/mol. The van der Waals surface area contributed by atoms with Crippen LogP contribution < -0.4 is 0 Å². The van der Waals surface area contributed by atoms with Crippen LogP contribution in [0.2, 0.25) is 0 Å². The molecule has 1 heterocycles. The van der Waals surface area contributed by atoms with Gasteiger partial charge in [0.2, 0.25) is 0 Å². The Balaban J connectivity index is 0.00000101. The van der Waals surface area contributed by atoms with Gasteiger partial charge in [-0.05, 0) is 36.4 Å². The second kappa shape index (κ2) is 11.8. The van der Waals surface area contributed by atoms with E-state index in [1.165, 1.54) is 61.0 Å². The molecule has 0 aliphatic carbocycles. The molecule has 0 bridgehead atoms. The first-order chi connectivity index (χ1) is 14.4. The zero-order valence-corrected chi connectivity index (χ0v) is 17.5. The molecule has 0 atom stereocenters. The molecule has 0 amide bonds. The summed E-state index contributed by atoms with van der Waals surface area (Å²) in [7, 11) is 9.53. The van der Waals surface area contributed by atoms with Gasteiger partial charge in [-0.15, -0.1) is 0 Å². The quantitative estimate of drug-likeness (QED) is 0.182. The van der Waals surface area contributed by atoms with E-state index in [1.54, 1.807) is 12.1 Å². The van der Waals surface area contributed by atoms with Crippen molar-refractivity contribution < 1.29 is 27.4 Å². The molecule has 0 unspecified atom stereocenters. The van der Waals surface area contributed by atoms with Gasteiger partial charge >= 0.3 is 33.3 Å². The third kappa shape index (κ3) is 7.41. The maximum atomic E-state index is 10.6. The first-order valence-corrected chi connectivity index (χ1v) is 11.0. The average Bonchev–Trinajstić information content (AvgIpc) is 3.20. The van der Waals surface area contributed by atoms with E-state index in [0.29, 0.717) is 22.9 Å². The fourth-order valence-electron chi connectivity index (χ4n) is 2.10. The van der Waals surface area contributed by atoms with Crippen molar-refractivity contribution in [3.8, 4) is 0 Å². The number of nitro benzene ring substituents is 2. The van der Waals surface area contributed by atoms with E-state index >= 15 is 0 Å². The fourth-order valence-corrected chi connectivity index (χ4v) is 2.10. The molecule has 3 aromatic rings. The van der Waals surface area contributed by atoms with E-state index in [4.69, 9.17) is 24.6 Å². The molecule has 0 radical (unpaired) electrons. The van der Waals surface area contributed by atoms with Crippen LogP contribution in [0, 0.1) is 20.2 Å². The summed E-state index contributed by atoms with van der Waals surface area (Å²) in [5.41, 5.74) is 1.10. The van der Waals surface area contributed by atoms with Crippen molar-refractivity contribution >= 4 is 55.4 Å². The van der Waals surface area contributed by atoms with Crippen LogP contribution in [0.15, 0.2) is 75.1 Å². The summed E-state index contributed by atoms with van der Waals surface area (Å²) in [6.45, 7) is 0. The van der Waals surface area contributed by atoms with Crippen molar-refractivity contribution in [2.45, 2.75) is 0 Å². The summed E-state index contributed by atoms with van der Waals surface area (Å²) >= 11 is 0.194. The molecule has 0 fully saturated rings. The van der Waals surface area contributed by atoms with Gasteiger partial charge in [0.1, 0.15) is 11.5 Å². The standard InChI is InChI=1S/C18H12N4O5.2ClH.Fe/c23-21(24)15-5-1-13(2-6-15)19-11-17-9-10-18(27-17)12-20-14-3-7-16(8-4-14)22(25)26;;;/h1-12H;2*1H;/q;;;+2/p-2. The minimum absolute atomic E-state index is 0.00306. The number of benzene rings is 2. The van der Waals surface area contributed by atoms with Crippen LogP contribution in [0.4, 0.5) is 22.7 Å². The summed E-state index contributed by atoms with van der Waals surface area (Å²) in [5.74, 6) is 0.969. The summed E-state index contributed by atoms with van der Waals surface area (Å²) in [5, 5.41) is 21.2. The second-order valence-electron chi connectivity index (χ2n) is 5.35.